The molecule has 1 amide bonds. The minimum atomic E-state index is -1.02. The third kappa shape index (κ3) is 6.01. The largest absolute Gasteiger partial charge is 0.480 e. The van der Waals surface area contributed by atoms with E-state index in [9.17, 15) is 9.59 Å². The molecular formula is C14H19NO4. The molecule has 1 aromatic carbocycles. The van der Waals surface area contributed by atoms with Crippen molar-refractivity contribution in [1.29, 1.82) is 0 Å². The number of amides is 1. The van der Waals surface area contributed by atoms with Crippen LogP contribution >= 0.6 is 0 Å². The van der Waals surface area contributed by atoms with Gasteiger partial charge in [-0.25, -0.2) is 4.79 Å². The summed E-state index contributed by atoms with van der Waals surface area (Å²) in [4.78, 5) is 22.3. The Bertz CT molecular complexity index is 405. The van der Waals surface area contributed by atoms with Crippen LogP contribution in [0.25, 0.3) is 0 Å². The van der Waals surface area contributed by atoms with E-state index in [0.717, 1.165) is 12.0 Å². The molecular weight excluding hydrogens is 246 g/mol. The van der Waals surface area contributed by atoms with E-state index in [-0.39, 0.29) is 6.61 Å². The van der Waals surface area contributed by atoms with E-state index in [2.05, 4.69) is 10.1 Å². The van der Waals surface area contributed by atoms with Crippen molar-refractivity contribution in [2.45, 2.75) is 25.3 Å². The zero-order chi connectivity index (χ0) is 14.1. The van der Waals surface area contributed by atoms with E-state index < -0.39 is 17.9 Å². The number of aryl methyl sites for hydroxylation is 1. The van der Waals surface area contributed by atoms with Gasteiger partial charge in [-0.05, 0) is 24.8 Å². The Morgan fingerprint density at radius 2 is 2.00 bits per heavy atom. The van der Waals surface area contributed by atoms with E-state index in [1.165, 1.54) is 7.11 Å². The number of hydrogen-bond donors (Lipinski definition) is 2. The van der Waals surface area contributed by atoms with Crippen molar-refractivity contribution >= 4 is 11.9 Å². The molecule has 0 radical (unpaired) electrons. The Morgan fingerprint density at radius 1 is 1.32 bits per heavy atom. The molecule has 0 heterocycles. The minimum Gasteiger partial charge on any atom is -0.480 e. The highest BCUT2D eigenvalue weighted by Gasteiger charge is 2.19. The summed E-state index contributed by atoms with van der Waals surface area (Å²) in [5, 5.41) is 11.5. The second-order valence-electron chi connectivity index (χ2n) is 4.27. The monoisotopic (exact) mass is 265 g/mol. The molecule has 0 aliphatic heterocycles. The van der Waals surface area contributed by atoms with Crippen LogP contribution in [0, 0.1) is 0 Å². The molecule has 0 aromatic heterocycles. The zero-order valence-electron chi connectivity index (χ0n) is 11.0. The maximum atomic E-state index is 11.3. The predicted molar refractivity (Wildman–Crippen MR) is 70.8 cm³/mol. The Balaban J connectivity index is 2.38. The molecule has 0 spiro atoms. The number of carbonyl (C=O) groups is 2. The third-order valence-corrected chi connectivity index (χ3v) is 2.71. The van der Waals surface area contributed by atoms with Gasteiger partial charge in [-0.3, -0.25) is 4.79 Å². The van der Waals surface area contributed by atoms with Crippen molar-refractivity contribution in [2.75, 3.05) is 13.7 Å². The van der Waals surface area contributed by atoms with Gasteiger partial charge < -0.3 is 15.2 Å². The van der Waals surface area contributed by atoms with Gasteiger partial charge in [-0.15, -0.1) is 0 Å². The molecule has 104 valence electrons. The fourth-order valence-corrected chi connectivity index (χ4v) is 1.78. The lowest BCUT2D eigenvalue weighted by molar-refractivity contribution is -0.142. The predicted octanol–water partition coefficient (Wildman–Crippen LogP) is 1.23. The van der Waals surface area contributed by atoms with Crippen LogP contribution in [0.1, 0.15) is 18.4 Å². The number of carbonyl (C=O) groups excluding carboxylic acids is 1. The topological polar surface area (TPSA) is 75.6 Å². The van der Waals surface area contributed by atoms with Crippen molar-refractivity contribution in [1.82, 2.24) is 5.32 Å². The van der Waals surface area contributed by atoms with E-state index in [4.69, 9.17) is 5.11 Å². The second kappa shape index (κ2) is 8.26. The van der Waals surface area contributed by atoms with Gasteiger partial charge in [0.25, 0.3) is 0 Å². The number of carboxylic acids is 1. The van der Waals surface area contributed by atoms with Crippen molar-refractivity contribution in [2.24, 2.45) is 0 Å². The van der Waals surface area contributed by atoms with Crippen molar-refractivity contribution in [3.8, 4) is 0 Å². The molecule has 1 atom stereocenters. The van der Waals surface area contributed by atoms with Gasteiger partial charge in [-0.2, -0.15) is 0 Å². The summed E-state index contributed by atoms with van der Waals surface area (Å²) >= 11 is 0. The molecule has 5 nitrogen and oxygen atoms in total. The normalized spacial score (nSPS) is 11.8. The Kier molecular flexibility index (Phi) is 6.60. The fraction of sp³-hybridized carbons (Fsp3) is 0.429. The highest BCUT2D eigenvalue weighted by Crippen LogP contribution is 2.07. The standard InChI is InChI=1S/C14H19NO4/c1-19-10-13(16)15-12(14(17)18)9-5-8-11-6-3-2-4-7-11/h2-4,6-7,12H,5,8-10H2,1H3,(H,15,16)(H,17,18)/t12-/m0/s1. The van der Waals surface area contributed by atoms with Crippen molar-refractivity contribution in [3.63, 3.8) is 0 Å². The smallest absolute Gasteiger partial charge is 0.326 e. The van der Waals surface area contributed by atoms with Crippen LogP contribution < -0.4 is 5.32 Å². The van der Waals surface area contributed by atoms with Crippen LogP contribution in [0.2, 0.25) is 0 Å². The number of benzene rings is 1. The van der Waals surface area contributed by atoms with E-state index in [0.29, 0.717) is 12.8 Å². The van der Waals surface area contributed by atoms with Gasteiger partial charge in [0.2, 0.25) is 5.91 Å². The van der Waals surface area contributed by atoms with Crippen LogP contribution in [0.3, 0.4) is 0 Å². The number of rotatable bonds is 8. The van der Waals surface area contributed by atoms with E-state index >= 15 is 0 Å². The molecule has 0 bridgehead atoms. The van der Waals surface area contributed by atoms with Gasteiger partial charge in [0.15, 0.2) is 0 Å². The summed E-state index contributed by atoms with van der Waals surface area (Å²) in [7, 11) is 1.39. The van der Waals surface area contributed by atoms with Gasteiger partial charge in [0.05, 0.1) is 0 Å². The number of nitrogens with one attached hydrogen (secondary N) is 1. The Morgan fingerprint density at radius 3 is 2.58 bits per heavy atom. The van der Waals surface area contributed by atoms with Crippen molar-refractivity contribution < 1.29 is 19.4 Å². The molecule has 19 heavy (non-hydrogen) atoms. The van der Waals surface area contributed by atoms with E-state index in [1.54, 1.807) is 0 Å². The number of aliphatic carboxylic acids is 1. The number of methoxy groups -OCH3 is 1. The maximum Gasteiger partial charge on any atom is 0.326 e. The number of ether oxygens (including phenoxy) is 1. The van der Waals surface area contributed by atoms with Crippen LogP contribution in [-0.2, 0) is 20.7 Å². The van der Waals surface area contributed by atoms with Crippen LogP contribution in [0.15, 0.2) is 30.3 Å². The summed E-state index contributed by atoms with van der Waals surface area (Å²) in [6, 6.07) is 8.98. The van der Waals surface area contributed by atoms with Gasteiger partial charge in [0.1, 0.15) is 12.6 Å². The highest BCUT2D eigenvalue weighted by molar-refractivity contribution is 5.84. The Hall–Kier alpha value is -1.88. The molecule has 0 saturated heterocycles. The third-order valence-electron chi connectivity index (χ3n) is 2.71. The first-order valence-corrected chi connectivity index (χ1v) is 6.18. The SMILES string of the molecule is COCC(=O)N[C@@H](CCCc1ccccc1)C(=O)O. The molecule has 0 fully saturated rings. The summed E-state index contributed by atoms with van der Waals surface area (Å²) in [5.41, 5.74) is 1.16. The number of carboxylic acid groups (broad SMARTS) is 1. The van der Waals surface area contributed by atoms with Crippen molar-refractivity contribution in [3.05, 3.63) is 35.9 Å². The highest BCUT2D eigenvalue weighted by atomic mass is 16.5. The first-order valence-electron chi connectivity index (χ1n) is 6.18. The first kappa shape index (κ1) is 15.2. The van der Waals surface area contributed by atoms with Crippen LogP contribution in [0.4, 0.5) is 0 Å². The summed E-state index contributed by atoms with van der Waals surface area (Å²) < 4.78 is 4.65. The lowest BCUT2D eigenvalue weighted by Gasteiger charge is -2.14. The van der Waals surface area contributed by atoms with Gasteiger partial charge in [-0.1, -0.05) is 30.3 Å². The maximum absolute atomic E-state index is 11.3. The molecule has 0 unspecified atom stereocenters. The molecule has 1 rings (SSSR count). The first-order chi connectivity index (χ1) is 9.13. The summed E-state index contributed by atoms with van der Waals surface area (Å²) in [6.45, 7) is -0.123. The average Bonchev–Trinajstić information content (AvgIpc) is 2.39. The number of hydrogen-bond acceptors (Lipinski definition) is 3. The molecule has 0 saturated carbocycles. The molecule has 2 N–H and O–H groups in total. The van der Waals surface area contributed by atoms with Crippen LogP contribution in [-0.4, -0.2) is 36.7 Å². The van der Waals surface area contributed by atoms with Crippen LogP contribution in [0.5, 0.6) is 0 Å². The molecule has 1 aromatic rings. The molecule has 0 aliphatic carbocycles. The minimum absolute atomic E-state index is 0.123. The average molecular weight is 265 g/mol. The van der Waals surface area contributed by atoms with Gasteiger partial charge >= 0.3 is 5.97 Å². The zero-order valence-corrected chi connectivity index (χ0v) is 11.0. The lowest BCUT2D eigenvalue weighted by Crippen LogP contribution is -2.42. The lowest BCUT2D eigenvalue weighted by atomic mass is 10.0. The second-order valence-corrected chi connectivity index (χ2v) is 4.27. The summed E-state index contributed by atoms with van der Waals surface area (Å²) in [6.07, 6.45) is 1.90. The Labute approximate surface area is 112 Å². The molecule has 5 heteroatoms. The van der Waals surface area contributed by atoms with E-state index in [1.807, 2.05) is 30.3 Å². The fourth-order valence-electron chi connectivity index (χ4n) is 1.78. The molecule has 0 aliphatic rings. The quantitative estimate of drug-likeness (QED) is 0.741. The van der Waals surface area contributed by atoms with Gasteiger partial charge in [0, 0.05) is 7.11 Å². The summed E-state index contributed by atoms with van der Waals surface area (Å²) in [5.74, 6) is -1.42.